The monoisotopic (exact) mass is 241 g/mol. The van der Waals surface area contributed by atoms with Crippen molar-refractivity contribution in [3.05, 3.63) is 28.8 Å². The van der Waals surface area contributed by atoms with Crippen LogP contribution in [0, 0.1) is 0 Å². The van der Waals surface area contributed by atoms with Crippen LogP contribution in [0.5, 0.6) is 0 Å². The predicted molar refractivity (Wildman–Crippen MR) is 62.2 cm³/mol. The Morgan fingerprint density at radius 3 is 2.56 bits per heavy atom. The molecule has 0 fully saturated rings. The quantitative estimate of drug-likeness (QED) is 0.727. The molecule has 1 atom stereocenters. The summed E-state index contributed by atoms with van der Waals surface area (Å²) in [5.74, 6) is -1.00. The summed E-state index contributed by atoms with van der Waals surface area (Å²) in [6.45, 7) is 1.56. The fourth-order valence-electron chi connectivity index (χ4n) is 1.05. The van der Waals surface area contributed by atoms with E-state index in [1.165, 1.54) is 12.1 Å². The van der Waals surface area contributed by atoms with Gasteiger partial charge in [-0.05, 0) is 25.1 Å². The highest BCUT2D eigenvalue weighted by Crippen LogP contribution is 2.20. The van der Waals surface area contributed by atoms with Gasteiger partial charge in [0.1, 0.15) is 0 Å². The molecule has 2 amide bonds. The summed E-state index contributed by atoms with van der Waals surface area (Å²) in [6.07, 6.45) is 0. The molecule has 6 heteroatoms. The summed E-state index contributed by atoms with van der Waals surface area (Å²) in [5, 5.41) is 2.78. The fraction of sp³-hybridized carbons (Fsp3) is 0.200. The van der Waals surface area contributed by atoms with Gasteiger partial charge in [-0.15, -0.1) is 0 Å². The van der Waals surface area contributed by atoms with E-state index < -0.39 is 11.9 Å². The van der Waals surface area contributed by atoms with E-state index >= 15 is 0 Å². The largest absolute Gasteiger partial charge is 0.366 e. The van der Waals surface area contributed by atoms with Gasteiger partial charge in [-0.3, -0.25) is 9.59 Å². The second-order valence-electron chi connectivity index (χ2n) is 3.34. The fourth-order valence-corrected chi connectivity index (χ4v) is 1.26. The Morgan fingerprint density at radius 2 is 2.06 bits per heavy atom. The standard InChI is InChI=1S/C10H12ClN3O2/c1-5(12)10(16)14-6-2-3-8(11)7(4-6)9(13)15/h2-5H,12H2,1H3,(H2,13,15)(H,14,16)/t5-/m0/s1. The molecule has 1 aromatic carbocycles. The summed E-state index contributed by atoms with van der Waals surface area (Å²) in [5.41, 5.74) is 11.1. The van der Waals surface area contributed by atoms with Gasteiger partial charge in [-0.25, -0.2) is 0 Å². The topological polar surface area (TPSA) is 98.2 Å². The van der Waals surface area contributed by atoms with Crippen molar-refractivity contribution in [2.75, 3.05) is 5.32 Å². The first-order valence-corrected chi connectivity index (χ1v) is 4.95. The lowest BCUT2D eigenvalue weighted by Gasteiger charge is -2.09. The van der Waals surface area contributed by atoms with Gasteiger partial charge >= 0.3 is 0 Å². The highest BCUT2D eigenvalue weighted by atomic mass is 35.5. The Hall–Kier alpha value is -1.59. The first kappa shape index (κ1) is 12.5. The highest BCUT2D eigenvalue weighted by molar-refractivity contribution is 6.34. The number of primary amides is 1. The molecule has 0 aliphatic carbocycles. The summed E-state index contributed by atoms with van der Waals surface area (Å²) < 4.78 is 0. The summed E-state index contributed by atoms with van der Waals surface area (Å²) in [6, 6.07) is 3.83. The molecule has 0 radical (unpaired) electrons. The third-order valence-corrected chi connectivity index (χ3v) is 2.24. The van der Waals surface area contributed by atoms with Gasteiger partial charge in [0.25, 0.3) is 0 Å². The van der Waals surface area contributed by atoms with Crippen molar-refractivity contribution in [2.24, 2.45) is 11.5 Å². The molecule has 0 aliphatic heterocycles. The SMILES string of the molecule is C[C@H](N)C(=O)Nc1ccc(Cl)c(C(N)=O)c1. The third-order valence-electron chi connectivity index (χ3n) is 1.91. The Labute approximate surface area is 97.7 Å². The number of halogens is 1. The minimum Gasteiger partial charge on any atom is -0.366 e. The number of carbonyl (C=O) groups excluding carboxylic acids is 2. The molecular weight excluding hydrogens is 230 g/mol. The van der Waals surface area contributed by atoms with Gasteiger partial charge in [-0.1, -0.05) is 11.6 Å². The van der Waals surface area contributed by atoms with Crippen LogP contribution < -0.4 is 16.8 Å². The van der Waals surface area contributed by atoms with Crippen LogP contribution in [0.3, 0.4) is 0 Å². The van der Waals surface area contributed by atoms with E-state index in [0.717, 1.165) is 0 Å². The zero-order chi connectivity index (χ0) is 12.3. The van der Waals surface area contributed by atoms with E-state index in [0.29, 0.717) is 5.69 Å². The van der Waals surface area contributed by atoms with Gasteiger partial charge in [0.2, 0.25) is 11.8 Å². The van der Waals surface area contributed by atoms with Crippen LogP contribution >= 0.6 is 11.6 Å². The van der Waals surface area contributed by atoms with Crippen molar-refractivity contribution in [2.45, 2.75) is 13.0 Å². The van der Waals surface area contributed by atoms with Gasteiger partial charge in [-0.2, -0.15) is 0 Å². The first-order chi connectivity index (χ1) is 7.41. The maximum Gasteiger partial charge on any atom is 0.250 e. The molecule has 0 bridgehead atoms. The number of nitrogens with two attached hydrogens (primary N) is 2. The molecule has 0 unspecified atom stereocenters. The van der Waals surface area contributed by atoms with E-state index in [1.807, 2.05) is 0 Å². The van der Waals surface area contributed by atoms with Gasteiger partial charge in [0.15, 0.2) is 0 Å². The number of benzene rings is 1. The average molecular weight is 242 g/mol. The van der Waals surface area contributed by atoms with Crippen molar-refractivity contribution in [1.29, 1.82) is 0 Å². The molecule has 16 heavy (non-hydrogen) atoms. The molecule has 86 valence electrons. The molecule has 1 aromatic rings. The number of hydrogen-bond acceptors (Lipinski definition) is 3. The van der Waals surface area contributed by atoms with Crippen molar-refractivity contribution in [1.82, 2.24) is 0 Å². The summed E-state index contributed by atoms with van der Waals surface area (Å²) >= 11 is 5.75. The first-order valence-electron chi connectivity index (χ1n) is 4.57. The van der Waals surface area contributed by atoms with Crippen LogP contribution in [-0.4, -0.2) is 17.9 Å². The molecule has 1 rings (SSSR count). The van der Waals surface area contributed by atoms with Crippen LogP contribution in [0.15, 0.2) is 18.2 Å². The molecule has 0 spiro atoms. The highest BCUT2D eigenvalue weighted by Gasteiger charge is 2.11. The second-order valence-corrected chi connectivity index (χ2v) is 3.74. The lowest BCUT2D eigenvalue weighted by atomic mass is 10.2. The van der Waals surface area contributed by atoms with E-state index in [4.69, 9.17) is 23.1 Å². The maximum absolute atomic E-state index is 11.3. The molecule has 0 aromatic heterocycles. The smallest absolute Gasteiger partial charge is 0.250 e. The van der Waals surface area contributed by atoms with Crippen molar-refractivity contribution in [3.63, 3.8) is 0 Å². The number of rotatable bonds is 3. The lowest BCUT2D eigenvalue weighted by Crippen LogP contribution is -2.32. The van der Waals surface area contributed by atoms with Gasteiger partial charge in [0.05, 0.1) is 16.6 Å². The average Bonchev–Trinajstić information content (AvgIpc) is 2.20. The van der Waals surface area contributed by atoms with Crippen LogP contribution in [-0.2, 0) is 4.79 Å². The van der Waals surface area contributed by atoms with E-state index in [-0.39, 0.29) is 16.5 Å². The Balaban J connectivity index is 2.95. The van der Waals surface area contributed by atoms with E-state index in [1.54, 1.807) is 13.0 Å². The van der Waals surface area contributed by atoms with Crippen LogP contribution in [0.2, 0.25) is 5.02 Å². The third kappa shape index (κ3) is 2.95. The predicted octanol–water partition coefficient (Wildman–Crippen LogP) is 0.725. The summed E-state index contributed by atoms with van der Waals surface area (Å²) in [4.78, 5) is 22.3. The number of hydrogen-bond donors (Lipinski definition) is 3. The van der Waals surface area contributed by atoms with E-state index in [9.17, 15) is 9.59 Å². The minimum atomic E-state index is -0.651. The maximum atomic E-state index is 11.3. The molecule has 0 saturated heterocycles. The molecule has 0 aliphatic rings. The van der Waals surface area contributed by atoms with E-state index in [2.05, 4.69) is 5.32 Å². The van der Waals surface area contributed by atoms with Gasteiger partial charge in [0, 0.05) is 5.69 Å². The number of amides is 2. The zero-order valence-corrected chi connectivity index (χ0v) is 9.41. The van der Waals surface area contributed by atoms with Crippen LogP contribution in [0.25, 0.3) is 0 Å². The molecule has 0 heterocycles. The van der Waals surface area contributed by atoms with Crippen molar-refractivity contribution >= 4 is 29.1 Å². The molecule has 0 saturated carbocycles. The Kier molecular flexibility index (Phi) is 3.87. The number of carbonyl (C=O) groups is 2. The lowest BCUT2D eigenvalue weighted by molar-refractivity contribution is -0.117. The number of nitrogens with one attached hydrogen (secondary N) is 1. The Morgan fingerprint density at radius 1 is 1.44 bits per heavy atom. The van der Waals surface area contributed by atoms with Crippen molar-refractivity contribution < 1.29 is 9.59 Å². The Bertz CT molecular complexity index is 432. The summed E-state index contributed by atoms with van der Waals surface area (Å²) in [7, 11) is 0. The molecule has 5 nitrogen and oxygen atoms in total. The van der Waals surface area contributed by atoms with Crippen LogP contribution in [0.4, 0.5) is 5.69 Å². The van der Waals surface area contributed by atoms with Crippen molar-refractivity contribution in [3.8, 4) is 0 Å². The second kappa shape index (κ2) is 4.96. The molecule has 5 N–H and O–H groups in total. The van der Waals surface area contributed by atoms with Crippen LogP contribution in [0.1, 0.15) is 17.3 Å². The zero-order valence-electron chi connectivity index (χ0n) is 8.66. The molecular formula is C10H12ClN3O2. The normalized spacial score (nSPS) is 11.9. The van der Waals surface area contributed by atoms with Gasteiger partial charge < -0.3 is 16.8 Å². The minimum absolute atomic E-state index is 0.157. The number of anilines is 1.